The highest BCUT2D eigenvalue weighted by Gasteiger charge is 2.37. The van der Waals surface area contributed by atoms with Gasteiger partial charge in [0.25, 0.3) is 0 Å². The summed E-state index contributed by atoms with van der Waals surface area (Å²) in [6.07, 6.45) is 0. The Balaban J connectivity index is 1.32. The molecule has 0 aliphatic heterocycles. The molecule has 228 valence electrons. The number of hydrogen-bond acceptors (Lipinski definition) is 3. The molecule has 0 N–H and O–H groups in total. The molecule has 0 spiro atoms. The maximum absolute atomic E-state index is 6.69. The molecule has 3 heteroatoms. The molecule has 7 aromatic carbocycles. The van der Waals surface area contributed by atoms with E-state index < -0.39 is 0 Å². The first-order valence-corrected chi connectivity index (χ1v) is 17.3. The third kappa shape index (κ3) is 3.92. The zero-order valence-corrected chi connectivity index (χ0v) is 27.5. The fraction of sp³-hybridized carbons (Fsp3) is 0.0667. The largest absolute Gasteiger partial charge is 0.454 e. The number of anilines is 3. The fourth-order valence-corrected chi connectivity index (χ4v) is 9.03. The summed E-state index contributed by atoms with van der Waals surface area (Å²) in [6, 6.07) is 55.2. The van der Waals surface area contributed by atoms with Crippen molar-refractivity contribution < 1.29 is 4.42 Å². The van der Waals surface area contributed by atoms with Crippen molar-refractivity contribution in [2.75, 3.05) is 4.90 Å². The van der Waals surface area contributed by atoms with Gasteiger partial charge in [-0.05, 0) is 82.4 Å². The quantitative estimate of drug-likeness (QED) is 0.192. The van der Waals surface area contributed by atoms with Gasteiger partial charge >= 0.3 is 0 Å². The lowest BCUT2D eigenvalue weighted by atomic mass is 9.81. The van der Waals surface area contributed by atoms with Crippen molar-refractivity contribution in [2.45, 2.75) is 19.3 Å². The first-order chi connectivity index (χ1) is 23.6. The van der Waals surface area contributed by atoms with Crippen LogP contribution in [0.25, 0.3) is 64.4 Å². The zero-order chi connectivity index (χ0) is 32.0. The van der Waals surface area contributed by atoms with Gasteiger partial charge in [0.15, 0.2) is 5.58 Å². The van der Waals surface area contributed by atoms with Crippen molar-refractivity contribution in [1.29, 1.82) is 0 Å². The van der Waals surface area contributed by atoms with Crippen LogP contribution >= 0.6 is 11.3 Å². The molecular formula is C45H31NOS. The molecule has 1 aliphatic rings. The van der Waals surface area contributed by atoms with Crippen LogP contribution in [0, 0.1) is 0 Å². The number of benzene rings is 7. The number of thiophene rings is 1. The second kappa shape index (κ2) is 10.2. The van der Waals surface area contributed by atoms with Gasteiger partial charge in [0.1, 0.15) is 5.58 Å². The summed E-state index contributed by atoms with van der Waals surface area (Å²) in [6.45, 7) is 4.72. The first-order valence-electron chi connectivity index (χ1n) is 16.5. The number of fused-ring (bicyclic) bond motifs is 9. The number of nitrogens with zero attached hydrogens (tertiary/aromatic N) is 1. The van der Waals surface area contributed by atoms with Crippen molar-refractivity contribution in [3.8, 4) is 22.3 Å². The van der Waals surface area contributed by atoms with Gasteiger partial charge in [0.05, 0.1) is 11.4 Å². The molecule has 48 heavy (non-hydrogen) atoms. The fourth-order valence-electron chi connectivity index (χ4n) is 7.94. The molecule has 2 aromatic heterocycles. The topological polar surface area (TPSA) is 16.4 Å². The predicted octanol–water partition coefficient (Wildman–Crippen LogP) is 13.4. The molecule has 0 fully saturated rings. The molecule has 2 nitrogen and oxygen atoms in total. The van der Waals surface area contributed by atoms with Gasteiger partial charge in [-0.3, -0.25) is 0 Å². The predicted molar refractivity (Wildman–Crippen MR) is 204 cm³/mol. The molecule has 0 radical (unpaired) electrons. The van der Waals surface area contributed by atoms with E-state index in [1.54, 1.807) is 0 Å². The standard InChI is InChI=1S/C45H31NOS/c1-45(2)37-19-9-6-15-30(37)35-26-34(28-23-24-43-36(25-28)32-17-8-11-22-42(32)48-43)40(27-38(35)45)46(29-13-4-3-5-14-29)39-20-12-18-33-31-16-7-10-21-41(31)47-44(33)39/h3-27H,1-2H3. The van der Waals surface area contributed by atoms with Crippen LogP contribution in [-0.4, -0.2) is 0 Å². The Morgan fingerprint density at radius 1 is 0.500 bits per heavy atom. The summed E-state index contributed by atoms with van der Waals surface area (Å²) in [7, 11) is 0. The lowest BCUT2D eigenvalue weighted by Gasteiger charge is -2.30. The van der Waals surface area contributed by atoms with Gasteiger partial charge < -0.3 is 9.32 Å². The Morgan fingerprint density at radius 2 is 1.23 bits per heavy atom. The Morgan fingerprint density at radius 3 is 2.12 bits per heavy atom. The SMILES string of the molecule is CC1(C)c2ccccc2-c2cc(-c3ccc4sc5ccccc5c4c3)c(N(c3ccccc3)c3cccc4c3oc3ccccc34)cc21. The van der Waals surface area contributed by atoms with Gasteiger partial charge in [-0.25, -0.2) is 0 Å². The van der Waals surface area contributed by atoms with Crippen LogP contribution in [-0.2, 0) is 5.41 Å². The van der Waals surface area contributed by atoms with Crippen LogP contribution in [0.5, 0.6) is 0 Å². The minimum Gasteiger partial charge on any atom is -0.454 e. The normalized spacial score (nSPS) is 13.4. The highest BCUT2D eigenvalue weighted by atomic mass is 32.1. The summed E-state index contributed by atoms with van der Waals surface area (Å²) in [4.78, 5) is 2.41. The van der Waals surface area contributed by atoms with E-state index in [-0.39, 0.29) is 5.41 Å². The van der Waals surface area contributed by atoms with E-state index in [4.69, 9.17) is 4.42 Å². The maximum Gasteiger partial charge on any atom is 0.159 e. The number of para-hydroxylation sites is 3. The Labute approximate surface area is 283 Å². The first kappa shape index (κ1) is 27.5. The number of rotatable bonds is 4. The Bertz CT molecular complexity index is 2710. The van der Waals surface area contributed by atoms with Gasteiger partial charge in [0.2, 0.25) is 0 Å². The summed E-state index contributed by atoms with van der Waals surface area (Å²) >= 11 is 1.86. The van der Waals surface area contributed by atoms with E-state index in [0.29, 0.717) is 0 Å². The van der Waals surface area contributed by atoms with Gasteiger partial charge in [-0.2, -0.15) is 0 Å². The van der Waals surface area contributed by atoms with Crippen LogP contribution < -0.4 is 4.90 Å². The summed E-state index contributed by atoms with van der Waals surface area (Å²) < 4.78 is 9.32. The van der Waals surface area contributed by atoms with Gasteiger partial charge in [-0.15, -0.1) is 11.3 Å². The average molecular weight is 634 g/mol. The third-order valence-electron chi connectivity index (χ3n) is 10.3. The number of hydrogen-bond donors (Lipinski definition) is 0. The number of furan rings is 1. The van der Waals surface area contributed by atoms with E-state index in [1.807, 2.05) is 17.4 Å². The summed E-state index contributed by atoms with van der Waals surface area (Å²) in [5.41, 5.74) is 12.6. The Kier molecular flexibility index (Phi) is 5.82. The van der Waals surface area contributed by atoms with Gasteiger partial charge in [-0.1, -0.05) is 111 Å². The van der Waals surface area contributed by atoms with Crippen LogP contribution in [0.3, 0.4) is 0 Å². The lowest BCUT2D eigenvalue weighted by Crippen LogP contribution is -2.17. The maximum atomic E-state index is 6.69. The van der Waals surface area contributed by atoms with Crippen molar-refractivity contribution in [1.82, 2.24) is 0 Å². The minimum atomic E-state index is -0.152. The Hall–Kier alpha value is -5.64. The van der Waals surface area contributed by atoms with Crippen molar-refractivity contribution >= 4 is 70.5 Å². The average Bonchev–Trinajstić information content (AvgIpc) is 3.77. The minimum absolute atomic E-state index is 0.152. The highest BCUT2D eigenvalue weighted by Crippen LogP contribution is 2.54. The zero-order valence-electron chi connectivity index (χ0n) is 26.7. The highest BCUT2D eigenvalue weighted by molar-refractivity contribution is 7.25. The van der Waals surface area contributed by atoms with E-state index in [1.165, 1.54) is 53.6 Å². The molecule has 0 amide bonds. The second-order valence-electron chi connectivity index (χ2n) is 13.3. The van der Waals surface area contributed by atoms with Crippen molar-refractivity contribution in [2.24, 2.45) is 0 Å². The van der Waals surface area contributed by atoms with Gasteiger partial charge in [0, 0.05) is 47.6 Å². The molecule has 0 unspecified atom stereocenters. The molecule has 0 bridgehead atoms. The molecule has 1 aliphatic carbocycles. The second-order valence-corrected chi connectivity index (χ2v) is 14.4. The molecular weight excluding hydrogens is 603 g/mol. The van der Waals surface area contributed by atoms with E-state index in [2.05, 4.69) is 164 Å². The third-order valence-corrected chi connectivity index (χ3v) is 11.4. The van der Waals surface area contributed by atoms with Crippen LogP contribution in [0.4, 0.5) is 17.1 Å². The van der Waals surface area contributed by atoms with E-state index in [9.17, 15) is 0 Å². The molecule has 0 atom stereocenters. The van der Waals surface area contributed by atoms with Crippen molar-refractivity contribution in [3.05, 3.63) is 163 Å². The summed E-state index contributed by atoms with van der Waals surface area (Å²) in [5.74, 6) is 0. The van der Waals surface area contributed by atoms with Crippen LogP contribution in [0.15, 0.2) is 156 Å². The summed E-state index contributed by atoms with van der Waals surface area (Å²) in [5, 5.41) is 4.85. The van der Waals surface area contributed by atoms with Crippen LogP contribution in [0.1, 0.15) is 25.0 Å². The monoisotopic (exact) mass is 633 g/mol. The molecule has 10 rings (SSSR count). The molecule has 9 aromatic rings. The lowest BCUT2D eigenvalue weighted by molar-refractivity contribution is 0.660. The van der Waals surface area contributed by atoms with E-state index in [0.717, 1.165) is 39.0 Å². The molecule has 2 heterocycles. The van der Waals surface area contributed by atoms with Crippen molar-refractivity contribution in [3.63, 3.8) is 0 Å². The molecule has 0 saturated carbocycles. The van der Waals surface area contributed by atoms with E-state index >= 15 is 0 Å². The molecule has 0 saturated heterocycles. The smallest absolute Gasteiger partial charge is 0.159 e. The van der Waals surface area contributed by atoms with Crippen LogP contribution in [0.2, 0.25) is 0 Å².